The van der Waals surface area contributed by atoms with Crippen LogP contribution < -0.4 is 10.5 Å². The second kappa shape index (κ2) is 5.99. The van der Waals surface area contributed by atoms with Crippen molar-refractivity contribution in [1.29, 1.82) is 5.41 Å². The molecule has 2 fully saturated rings. The van der Waals surface area contributed by atoms with Gasteiger partial charge in [-0.3, -0.25) is 5.41 Å². The minimum Gasteiger partial charge on any atom is -0.386 e. The molecule has 1 atom stereocenters. The molecule has 6 nitrogen and oxygen atoms in total. The largest absolute Gasteiger partial charge is 0.386 e. The minimum atomic E-state index is -3.56. The van der Waals surface area contributed by atoms with Crippen LogP contribution in [0.5, 0.6) is 0 Å². The van der Waals surface area contributed by atoms with E-state index >= 15 is 0 Å². The summed E-state index contributed by atoms with van der Waals surface area (Å²) < 4.78 is 29.4. The van der Waals surface area contributed by atoms with Crippen LogP contribution in [-0.2, 0) is 10.2 Å². The molecular weight excluding hydrogens is 276 g/mol. The van der Waals surface area contributed by atoms with Gasteiger partial charge in [0.2, 0.25) is 0 Å². The zero-order chi connectivity index (χ0) is 14.8. The molecule has 0 bridgehead atoms. The Morgan fingerprint density at radius 2 is 1.95 bits per heavy atom. The van der Waals surface area contributed by atoms with Gasteiger partial charge < -0.3 is 5.73 Å². The fraction of sp³-hybridized carbons (Fsp3) is 0.923. The first kappa shape index (κ1) is 15.7. The Kier molecular flexibility index (Phi) is 4.71. The van der Waals surface area contributed by atoms with Gasteiger partial charge in [-0.05, 0) is 31.6 Å². The lowest BCUT2D eigenvalue weighted by Gasteiger charge is -2.39. The summed E-state index contributed by atoms with van der Waals surface area (Å²) in [4.78, 5) is 0. The molecule has 1 unspecified atom stereocenters. The van der Waals surface area contributed by atoms with Gasteiger partial charge in [-0.25, -0.2) is 0 Å². The normalized spacial score (nSPS) is 28.1. The van der Waals surface area contributed by atoms with E-state index in [1.807, 2.05) is 0 Å². The van der Waals surface area contributed by atoms with Crippen molar-refractivity contribution in [2.45, 2.75) is 57.4 Å². The molecule has 2 aliphatic rings. The predicted octanol–water partition coefficient (Wildman–Crippen LogP) is 1.19. The summed E-state index contributed by atoms with van der Waals surface area (Å²) in [5.41, 5.74) is 4.84. The molecule has 0 amide bonds. The molecule has 1 saturated carbocycles. The first-order chi connectivity index (χ1) is 9.36. The van der Waals surface area contributed by atoms with Crippen molar-refractivity contribution in [2.24, 2.45) is 11.7 Å². The predicted molar refractivity (Wildman–Crippen MR) is 79.8 cm³/mol. The molecule has 1 aliphatic carbocycles. The molecule has 7 heteroatoms. The molecule has 20 heavy (non-hydrogen) atoms. The molecular formula is C13H26N4O2S. The lowest BCUT2D eigenvalue weighted by Crippen LogP contribution is -2.61. The first-order valence-electron chi connectivity index (χ1n) is 7.49. The summed E-state index contributed by atoms with van der Waals surface area (Å²) in [5.74, 6) is 0.339. The summed E-state index contributed by atoms with van der Waals surface area (Å²) in [6.07, 6.45) is 6.14. The van der Waals surface area contributed by atoms with Crippen molar-refractivity contribution in [2.75, 3.05) is 13.1 Å². The second-order valence-corrected chi connectivity index (χ2v) is 7.94. The maximum absolute atomic E-state index is 12.6. The highest BCUT2D eigenvalue weighted by Crippen LogP contribution is 2.30. The number of nitrogens with one attached hydrogen (secondary N) is 2. The summed E-state index contributed by atoms with van der Waals surface area (Å²) in [6, 6.07) is 0. The van der Waals surface area contributed by atoms with Crippen LogP contribution in [0.25, 0.3) is 0 Å². The van der Waals surface area contributed by atoms with E-state index < -0.39 is 15.7 Å². The molecule has 0 aromatic carbocycles. The van der Waals surface area contributed by atoms with Gasteiger partial charge in [0, 0.05) is 13.1 Å². The number of hydrogen-bond acceptors (Lipinski definition) is 3. The molecule has 116 valence electrons. The number of amidine groups is 1. The van der Waals surface area contributed by atoms with Gasteiger partial charge in [-0.2, -0.15) is 17.4 Å². The monoisotopic (exact) mass is 302 g/mol. The Bertz CT molecular complexity index is 457. The van der Waals surface area contributed by atoms with Crippen molar-refractivity contribution >= 4 is 16.0 Å². The third kappa shape index (κ3) is 3.32. The van der Waals surface area contributed by atoms with Crippen LogP contribution in [-0.4, -0.2) is 37.2 Å². The van der Waals surface area contributed by atoms with E-state index in [2.05, 4.69) is 11.6 Å². The average molecular weight is 302 g/mol. The van der Waals surface area contributed by atoms with Crippen molar-refractivity contribution in [1.82, 2.24) is 9.03 Å². The van der Waals surface area contributed by atoms with Gasteiger partial charge in [0.15, 0.2) is 0 Å². The molecule has 0 aromatic heterocycles. The summed E-state index contributed by atoms with van der Waals surface area (Å²) in [5, 5.41) is 7.80. The van der Waals surface area contributed by atoms with Gasteiger partial charge in [-0.1, -0.05) is 26.2 Å². The van der Waals surface area contributed by atoms with Crippen LogP contribution in [0.15, 0.2) is 0 Å². The van der Waals surface area contributed by atoms with Crippen LogP contribution in [0.2, 0.25) is 0 Å². The number of rotatable bonds is 4. The SMILES string of the molecule is CC1CCCN(S(=O)(=O)NC2(C(=N)N)CCCCC2)C1. The van der Waals surface area contributed by atoms with Gasteiger partial charge in [0.25, 0.3) is 10.2 Å². The van der Waals surface area contributed by atoms with Gasteiger partial charge >= 0.3 is 0 Å². The molecule has 4 N–H and O–H groups in total. The highest BCUT2D eigenvalue weighted by molar-refractivity contribution is 7.87. The molecule has 1 saturated heterocycles. The van der Waals surface area contributed by atoms with E-state index in [1.54, 1.807) is 0 Å². The van der Waals surface area contributed by atoms with Crippen LogP contribution in [0, 0.1) is 11.3 Å². The van der Waals surface area contributed by atoms with Gasteiger partial charge in [-0.15, -0.1) is 0 Å². The molecule has 0 spiro atoms. The quantitative estimate of drug-likeness (QED) is 0.537. The summed E-state index contributed by atoms with van der Waals surface area (Å²) in [6.45, 7) is 3.19. The van der Waals surface area contributed by atoms with Crippen LogP contribution in [0.1, 0.15) is 51.9 Å². The van der Waals surface area contributed by atoms with Crippen molar-refractivity contribution in [3.8, 4) is 0 Å². The smallest absolute Gasteiger partial charge is 0.280 e. The third-order valence-corrected chi connectivity index (χ3v) is 6.17. The lowest BCUT2D eigenvalue weighted by atomic mass is 9.82. The Balaban J connectivity index is 2.14. The topological polar surface area (TPSA) is 99.3 Å². The lowest BCUT2D eigenvalue weighted by molar-refractivity contribution is 0.268. The molecule has 1 aliphatic heterocycles. The molecule has 1 heterocycles. The first-order valence-corrected chi connectivity index (χ1v) is 8.93. The maximum atomic E-state index is 12.6. The number of nitrogens with zero attached hydrogens (tertiary/aromatic N) is 1. The van der Waals surface area contributed by atoms with E-state index in [9.17, 15) is 8.42 Å². The van der Waals surface area contributed by atoms with E-state index in [4.69, 9.17) is 11.1 Å². The zero-order valence-corrected chi connectivity index (χ0v) is 13.0. The number of nitrogens with two attached hydrogens (primary N) is 1. The number of piperidine rings is 1. The van der Waals surface area contributed by atoms with Crippen LogP contribution in [0.3, 0.4) is 0 Å². The fourth-order valence-electron chi connectivity index (χ4n) is 3.26. The summed E-state index contributed by atoms with van der Waals surface area (Å²) >= 11 is 0. The minimum absolute atomic E-state index is 0.0502. The van der Waals surface area contributed by atoms with Crippen LogP contribution >= 0.6 is 0 Å². The third-order valence-electron chi connectivity index (χ3n) is 4.51. The standard InChI is InChI=1S/C13H26N4O2S/c1-11-6-5-9-17(10-11)20(18,19)16-13(12(14)15)7-3-2-4-8-13/h11,16H,2-10H2,1H3,(H3,14,15). The molecule has 0 aromatic rings. The Morgan fingerprint density at radius 3 is 2.50 bits per heavy atom. The van der Waals surface area contributed by atoms with Crippen LogP contribution in [0.4, 0.5) is 0 Å². The van der Waals surface area contributed by atoms with Gasteiger partial charge in [0.05, 0.1) is 5.54 Å². The van der Waals surface area contributed by atoms with Crippen molar-refractivity contribution in [3.63, 3.8) is 0 Å². The fourth-order valence-corrected chi connectivity index (χ4v) is 5.01. The zero-order valence-electron chi connectivity index (χ0n) is 12.2. The van der Waals surface area contributed by atoms with Crippen molar-refractivity contribution in [3.05, 3.63) is 0 Å². The Labute approximate surface area is 121 Å². The van der Waals surface area contributed by atoms with Crippen molar-refractivity contribution < 1.29 is 8.42 Å². The maximum Gasteiger partial charge on any atom is 0.280 e. The number of hydrogen-bond donors (Lipinski definition) is 3. The summed E-state index contributed by atoms with van der Waals surface area (Å²) in [7, 11) is -3.56. The van der Waals surface area contributed by atoms with E-state index in [-0.39, 0.29) is 5.84 Å². The second-order valence-electron chi connectivity index (χ2n) is 6.27. The molecule has 0 radical (unpaired) electrons. The highest BCUT2D eigenvalue weighted by Gasteiger charge is 2.41. The van der Waals surface area contributed by atoms with Gasteiger partial charge in [0.1, 0.15) is 5.84 Å². The van der Waals surface area contributed by atoms with E-state index in [0.717, 1.165) is 32.1 Å². The Hall–Kier alpha value is -0.660. The Morgan fingerprint density at radius 1 is 1.30 bits per heavy atom. The highest BCUT2D eigenvalue weighted by atomic mass is 32.2. The van der Waals surface area contributed by atoms with E-state index in [1.165, 1.54) is 4.31 Å². The molecule has 2 rings (SSSR count). The van der Waals surface area contributed by atoms with E-state index in [0.29, 0.717) is 31.8 Å². The average Bonchev–Trinajstić information content (AvgIpc) is 2.39.